The molecule has 0 radical (unpaired) electrons. The van der Waals surface area contributed by atoms with Gasteiger partial charge in [0.05, 0.1) is 19.3 Å². The lowest BCUT2D eigenvalue weighted by Crippen LogP contribution is -2.37. The number of hydrogen-bond donors (Lipinski definition) is 1. The third kappa shape index (κ3) is 4.58. The van der Waals surface area contributed by atoms with Gasteiger partial charge in [0.25, 0.3) is 5.91 Å². The number of aryl methyl sites for hydroxylation is 1. The van der Waals surface area contributed by atoms with E-state index in [-0.39, 0.29) is 12.3 Å². The van der Waals surface area contributed by atoms with Gasteiger partial charge in [-0.15, -0.1) is 0 Å². The van der Waals surface area contributed by atoms with E-state index in [9.17, 15) is 9.59 Å². The molecule has 0 aliphatic heterocycles. The first-order valence-corrected chi connectivity index (χ1v) is 8.00. The van der Waals surface area contributed by atoms with Crippen LogP contribution >= 0.6 is 0 Å². The quantitative estimate of drug-likeness (QED) is 0.592. The summed E-state index contributed by atoms with van der Waals surface area (Å²) in [4.78, 5) is 23.8. The number of rotatable bonds is 8. The number of carbonyl (C=O) groups excluding carboxylic acids is 2. The van der Waals surface area contributed by atoms with Crippen LogP contribution < -0.4 is 5.32 Å². The monoisotopic (exact) mass is 333 g/mol. The van der Waals surface area contributed by atoms with Gasteiger partial charge in [-0.1, -0.05) is 19.1 Å². The third-order valence-electron chi connectivity index (χ3n) is 3.75. The molecule has 6 heteroatoms. The number of amides is 1. The van der Waals surface area contributed by atoms with Gasteiger partial charge in [-0.25, -0.2) is 0 Å². The summed E-state index contributed by atoms with van der Waals surface area (Å²) >= 11 is 0. The maximum absolute atomic E-state index is 12.1. The Bertz CT molecular complexity index is 706. The topological polar surface area (TPSA) is 77.8 Å². The molecule has 0 fully saturated rings. The first-order chi connectivity index (χ1) is 11.5. The summed E-state index contributed by atoms with van der Waals surface area (Å²) in [5.74, 6) is -0.809. The molecule has 0 saturated carbocycles. The lowest BCUT2D eigenvalue weighted by molar-refractivity contribution is -0.154. The van der Waals surface area contributed by atoms with Gasteiger partial charge in [0.2, 0.25) is 0 Å². The molecular weight excluding hydrogens is 310 g/mol. The first-order valence-electron chi connectivity index (χ1n) is 8.00. The van der Waals surface area contributed by atoms with Crippen molar-refractivity contribution in [2.24, 2.45) is 0 Å². The average Bonchev–Trinajstić information content (AvgIpc) is 2.96. The van der Waals surface area contributed by atoms with Crippen LogP contribution in [0.3, 0.4) is 0 Å². The standard InChI is InChI=1S/C18H23NO5/c1-4-13-5-6-15-14(11-23-16(15)9-13)10-17(20)24-12(2)18(21)19-7-8-22-3/h5-6,9,11-12H,4,7-8,10H2,1-3H3,(H,19,21)/t12-/m1/s1. The molecule has 1 heterocycles. The van der Waals surface area contributed by atoms with Crippen molar-refractivity contribution in [3.8, 4) is 0 Å². The van der Waals surface area contributed by atoms with Crippen LogP contribution in [0.5, 0.6) is 0 Å². The SMILES string of the molecule is CCc1ccc2c(CC(=O)O[C@H](C)C(=O)NCCOC)coc2c1. The predicted molar refractivity (Wildman–Crippen MR) is 89.7 cm³/mol. The highest BCUT2D eigenvalue weighted by molar-refractivity contribution is 5.88. The molecule has 1 aromatic carbocycles. The molecule has 1 N–H and O–H groups in total. The van der Waals surface area contributed by atoms with Gasteiger partial charge in [0.1, 0.15) is 5.58 Å². The molecule has 6 nitrogen and oxygen atoms in total. The second-order valence-electron chi connectivity index (χ2n) is 5.54. The van der Waals surface area contributed by atoms with Gasteiger partial charge in [-0.05, 0) is 25.0 Å². The van der Waals surface area contributed by atoms with E-state index >= 15 is 0 Å². The van der Waals surface area contributed by atoms with Crippen LogP contribution in [0.25, 0.3) is 11.0 Å². The fourth-order valence-corrected chi connectivity index (χ4v) is 2.35. The van der Waals surface area contributed by atoms with Crippen molar-refractivity contribution in [1.29, 1.82) is 0 Å². The summed E-state index contributed by atoms with van der Waals surface area (Å²) in [7, 11) is 1.55. The predicted octanol–water partition coefficient (Wildman–Crippen LogP) is 2.23. The minimum absolute atomic E-state index is 0.0637. The molecule has 1 amide bonds. The molecular formula is C18H23NO5. The Labute approximate surface area is 141 Å². The van der Waals surface area contributed by atoms with E-state index in [1.165, 1.54) is 5.56 Å². The Hall–Kier alpha value is -2.34. The number of esters is 1. The summed E-state index contributed by atoms with van der Waals surface area (Å²) in [5.41, 5.74) is 2.68. The van der Waals surface area contributed by atoms with Crippen LogP contribution in [0.4, 0.5) is 0 Å². The molecule has 0 spiro atoms. The van der Waals surface area contributed by atoms with Crippen molar-refractivity contribution >= 4 is 22.8 Å². The van der Waals surface area contributed by atoms with E-state index in [0.29, 0.717) is 13.2 Å². The zero-order valence-corrected chi connectivity index (χ0v) is 14.3. The normalized spacial score (nSPS) is 12.1. The maximum atomic E-state index is 12.1. The fourth-order valence-electron chi connectivity index (χ4n) is 2.35. The number of furan rings is 1. The molecule has 0 bridgehead atoms. The molecule has 0 saturated heterocycles. The summed E-state index contributed by atoms with van der Waals surface area (Å²) in [6.07, 6.45) is 1.70. The fraction of sp³-hybridized carbons (Fsp3) is 0.444. The van der Waals surface area contributed by atoms with Gasteiger partial charge in [-0.3, -0.25) is 9.59 Å². The van der Waals surface area contributed by atoms with Crippen LogP contribution in [0.1, 0.15) is 25.0 Å². The number of ether oxygens (including phenoxy) is 2. The van der Waals surface area contributed by atoms with E-state index in [1.807, 2.05) is 18.2 Å². The van der Waals surface area contributed by atoms with Crippen LogP contribution in [-0.2, 0) is 31.9 Å². The van der Waals surface area contributed by atoms with Gasteiger partial charge in [0, 0.05) is 24.6 Å². The van der Waals surface area contributed by atoms with Gasteiger partial charge in [0.15, 0.2) is 6.10 Å². The van der Waals surface area contributed by atoms with Crippen LogP contribution in [-0.4, -0.2) is 38.2 Å². The number of benzene rings is 1. The molecule has 0 aliphatic carbocycles. The Balaban J connectivity index is 1.93. The van der Waals surface area contributed by atoms with Gasteiger partial charge < -0.3 is 19.2 Å². The third-order valence-corrected chi connectivity index (χ3v) is 3.75. The van der Waals surface area contributed by atoms with Crippen molar-refractivity contribution in [2.75, 3.05) is 20.3 Å². The minimum Gasteiger partial charge on any atom is -0.464 e. The van der Waals surface area contributed by atoms with E-state index in [0.717, 1.165) is 23.0 Å². The van der Waals surface area contributed by atoms with Gasteiger partial charge >= 0.3 is 5.97 Å². The van der Waals surface area contributed by atoms with E-state index in [4.69, 9.17) is 13.9 Å². The van der Waals surface area contributed by atoms with Crippen molar-refractivity contribution in [1.82, 2.24) is 5.32 Å². The van der Waals surface area contributed by atoms with E-state index < -0.39 is 12.1 Å². The molecule has 0 unspecified atom stereocenters. The number of methoxy groups -OCH3 is 1. The summed E-state index contributed by atoms with van der Waals surface area (Å²) in [5, 5.41) is 3.52. The second kappa shape index (κ2) is 8.49. The van der Waals surface area contributed by atoms with Crippen LogP contribution in [0.15, 0.2) is 28.9 Å². The Morgan fingerprint density at radius 2 is 2.12 bits per heavy atom. The molecule has 0 aliphatic rings. The zero-order valence-electron chi connectivity index (χ0n) is 14.3. The minimum atomic E-state index is -0.848. The lowest BCUT2D eigenvalue weighted by Gasteiger charge is -2.13. The van der Waals surface area contributed by atoms with Gasteiger partial charge in [-0.2, -0.15) is 0 Å². The van der Waals surface area contributed by atoms with E-state index in [2.05, 4.69) is 12.2 Å². The van der Waals surface area contributed by atoms with Crippen molar-refractivity contribution in [2.45, 2.75) is 32.8 Å². The van der Waals surface area contributed by atoms with Crippen molar-refractivity contribution < 1.29 is 23.5 Å². The van der Waals surface area contributed by atoms with Crippen molar-refractivity contribution in [3.63, 3.8) is 0 Å². The maximum Gasteiger partial charge on any atom is 0.311 e. The van der Waals surface area contributed by atoms with Crippen LogP contribution in [0.2, 0.25) is 0 Å². The van der Waals surface area contributed by atoms with Crippen LogP contribution in [0, 0.1) is 0 Å². The summed E-state index contributed by atoms with van der Waals surface area (Å²) in [6, 6.07) is 5.93. The number of nitrogens with one attached hydrogen (secondary N) is 1. The molecule has 130 valence electrons. The number of hydrogen-bond acceptors (Lipinski definition) is 5. The highest BCUT2D eigenvalue weighted by Gasteiger charge is 2.19. The lowest BCUT2D eigenvalue weighted by atomic mass is 10.1. The summed E-state index contributed by atoms with van der Waals surface area (Å²) < 4.78 is 15.5. The molecule has 1 aromatic heterocycles. The first kappa shape index (κ1) is 18.0. The molecule has 1 atom stereocenters. The molecule has 2 aromatic rings. The Morgan fingerprint density at radius 3 is 2.83 bits per heavy atom. The average molecular weight is 333 g/mol. The molecule has 24 heavy (non-hydrogen) atoms. The Morgan fingerprint density at radius 1 is 1.33 bits per heavy atom. The summed E-state index contributed by atoms with van der Waals surface area (Å²) in [6.45, 7) is 4.40. The smallest absolute Gasteiger partial charge is 0.311 e. The largest absolute Gasteiger partial charge is 0.464 e. The number of fused-ring (bicyclic) bond motifs is 1. The number of carbonyl (C=O) groups is 2. The second-order valence-corrected chi connectivity index (χ2v) is 5.54. The highest BCUT2D eigenvalue weighted by Crippen LogP contribution is 2.23. The van der Waals surface area contributed by atoms with E-state index in [1.54, 1.807) is 20.3 Å². The zero-order chi connectivity index (χ0) is 17.5. The highest BCUT2D eigenvalue weighted by atomic mass is 16.5. The Kier molecular flexibility index (Phi) is 6.37. The van der Waals surface area contributed by atoms with Crippen molar-refractivity contribution in [3.05, 3.63) is 35.6 Å². The molecule has 2 rings (SSSR count).